The molecule has 0 radical (unpaired) electrons. The van der Waals surface area contributed by atoms with Crippen molar-refractivity contribution < 1.29 is 4.74 Å². The van der Waals surface area contributed by atoms with Crippen LogP contribution in [-0.2, 0) is 4.74 Å². The van der Waals surface area contributed by atoms with E-state index >= 15 is 0 Å². The first-order valence-corrected chi connectivity index (χ1v) is 7.34. The first-order chi connectivity index (χ1) is 7.95. The van der Waals surface area contributed by atoms with E-state index in [0.29, 0.717) is 6.23 Å². The molecule has 1 atom stereocenters. The summed E-state index contributed by atoms with van der Waals surface area (Å²) in [6.07, 6.45) is 14.9. The maximum atomic E-state index is 5.60. The normalized spacial score (nSPS) is 33.2. The van der Waals surface area contributed by atoms with Gasteiger partial charge in [0.05, 0.1) is 6.61 Å². The summed E-state index contributed by atoms with van der Waals surface area (Å²) in [7, 11) is 0. The Hall–Kier alpha value is -0.0800. The molecule has 0 aromatic heterocycles. The molecule has 0 bridgehead atoms. The largest absolute Gasteiger partial charge is 0.357 e. The number of rotatable bonds is 3. The van der Waals surface area contributed by atoms with E-state index in [1.165, 1.54) is 64.2 Å². The maximum Gasteiger partial charge on any atom is 0.134 e. The van der Waals surface area contributed by atoms with Gasteiger partial charge in [-0.15, -0.1) is 0 Å². The topological polar surface area (TPSA) is 15.8 Å². The zero-order valence-corrected chi connectivity index (χ0v) is 10.4. The summed E-state index contributed by atoms with van der Waals surface area (Å²) in [6, 6.07) is 1.70. The number of epoxide rings is 1. The Kier molecular flexibility index (Phi) is 3.49. The first-order valence-electron chi connectivity index (χ1n) is 7.34. The van der Waals surface area contributed by atoms with E-state index in [0.717, 1.165) is 18.7 Å². The second-order valence-electron chi connectivity index (χ2n) is 5.82. The second-order valence-corrected chi connectivity index (χ2v) is 5.82. The average Bonchev–Trinajstić information content (AvgIpc) is 3.17. The van der Waals surface area contributed by atoms with Crippen molar-refractivity contribution in [3.63, 3.8) is 0 Å². The molecular weight excluding hydrogens is 198 g/mol. The van der Waals surface area contributed by atoms with Crippen LogP contribution in [0.15, 0.2) is 0 Å². The summed E-state index contributed by atoms with van der Waals surface area (Å²) in [4.78, 5) is 2.78. The van der Waals surface area contributed by atoms with E-state index in [1.807, 2.05) is 0 Å². The van der Waals surface area contributed by atoms with Crippen molar-refractivity contribution in [1.82, 2.24) is 4.90 Å². The van der Waals surface area contributed by atoms with Crippen LogP contribution >= 0.6 is 0 Å². The summed E-state index contributed by atoms with van der Waals surface area (Å²) >= 11 is 0. The van der Waals surface area contributed by atoms with E-state index in [2.05, 4.69) is 4.90 Å². The molecule has 2 nitrogen and oxygen atoms in total. The van der Waals surface area contributed by atoms with E-state index < -0.39 is 0 Å². The molecule has 0 N–H and O–H groups in total. The van der Waals surface area contributed by atoms with Gasteiger partial charge in [0.25, 0.3) is 0 Å². The zero-order valence-electron chi connectivity index (χ0n) is 10.4. The van der Waals surface area contributed by atoms with Gasteiger partial charge in [-0.2, -0.15) is 0 Å². The predicted octanol–water partition coefficient (Wildman–Crippen LogP) is 3.31. The molecule has 1 saturated heterocycles. The Bertz CT molecular complexity index is 197. The Morgan fingerprint density at radius 1 is 0.688 bits per heavy atom. The predicted molar refractivity (Wildman–Crippen MR) is 65.3 cm³/mol. The van der Waals surface area contributed by atoms with Crippen molar-refractivity contribution in [1.29, 1.82) is 0 Å². The van der Waals surface area contributed by atoms with Gasteiger partial charge in [-0.3, -0.25) is 4.90 Å². The maximum absolute atomic E-state index is 5.60. The van der Waals surface area contributed by atoms with Gasteiger partial charge in [-0.25, -0.2) is 0 Å². The molecule has 16 heavy (non-hydrogen) atoms. The van der Waals surface area contributed by atoms with Crippen LogP contribution in [0, 0.1) is 0 Å². The van der Waals surface area contributed by atoms with Gasteiger partial charge >= 0.3 is 0 Å². The Morgan fingerprint density at radius 2 is 1.12 bits per heavy atom. The van der Waals surface area contributed by atoms with Gasteiger partial charge in [0.1, 0.15) is 6.23 Å². The minimum atomic E-state index is 0.506. The molecule has 0 aromatic carbocycles. The first kappa shape index (κ1) is 11.0. The molecule has 0 spiro atoms. The van der Waals surface area contributed by atoms with E-state index in [4.69, 9.17) is 4.74 Å². The SMILES string of the molecule is C1CCC(N(C2CCCCC2)C2CO2)CC1. The van der Waals surface area contributed by atoms with E-state index in [1.54, 1.807) is 0 Å². The fraction of sp³-hybridized carbons (Fsp3) is 1.00. The van der Waals surface area contributed by atoms with Gasteiger partial charge in [0.2, 0.25) is 0 Å². The lowest BCUT2D eigenvalue weighted by Gasteiger charge is -2.40. The lowest BCUT2D eigenvalue weighted by molar-refractivity contribution is 0.0357. The third kappa shape index (κ3) is 2.43. The van der Waals surface area contributed by atoms with Crippen LogP contribution < -0.4 is 0 Å². The van der Waals surface area contributed by atoms with Crippen molar-refractivity contribution in [2.75, 3.05) is 6.61 Å². The molecule has 1 heterocycles. The van der Waals surface area contributed by atoms with Gasteiger partial charge in [0, 0.05) is 12.1 Å². The van der Waals surface area contributed by atoms with Crippen LogP contribution in [0.2, 0.25) is 0 Å². The molecule has 2 aliphatic carbocycles. The van der Waals surface area contributed by atoms with Crippen molar-refractivity contribution in [2.45, 2.75) is 82.5 Å². The second kappa shape index (κ2) is 5.05. The van der Waals surface area contributed by atoms with Crippen LogP contribution in [0.4, 0.5) is 0 Å². The van der Waals surface area contributed by atoms with Crippen LogP contribution in [0.25, 0.3) is 0 Å². The Morgan fingerprint density at radius 3 is 1.50 bits per heavy atom. The molecular formula is C14H25NO. The number of nitrogens with zero attached hydrogens (tertiary/aromatic N) is 1. The van der Waals surface area contributed by atoms with Crippen LogP contribution in [0.5, 0.6) is 0 Å². The van der Waals surface area contributed by atoms with E-state index in [-0.39, 0.29) is 0 Å². The van der Waals surface area contributed by atoms with Crippen LogP contribution in [0.1, 0.15) is 64.2 Å². The minimum Gasteiger partial charge on any atom is -0.357 e. The molecule has 3 aliphatic rings. The fourth-order valence-electron chi connectivity index (χ4n) is 3.74. The molecule has 1 aliphatic heterocycles. The minimum absolute atomic E-state index is 0.506. The molecule has 0 amide bonds. The third-order valence-electron chi connectivity index (χ3n) is 4.64. The molecule has 2 heteroatoms. The summed E-state index contributed by atoms with van der Waals surface area (Å²) in [5, 5.41) is 0. The number of hydrogen-bond donors (Lipinski definition) is 0. The summed E-state index contributed by atoms with van der Waals surface area (Å²) in [5.41, 5.74) is 0. The van der Waals surface area contributed by atoms with Gasteiger partial charge < -0.3 is 4.74 Å². The number of ether oxygens (including phenoxy) is 1. The van der Waals surface area contributed by atoms with Gasteiger partial charge in [-0.1, -0.05) is 38.5 Å². The molecule has 3 fully saturated rings. The molecule has 2 saturated carbocycles. The molecule has 1 unspecified atom stereocenters. The summed E-state index contributed by atoms with van der Waals surface area (Å²) in [6.45, 7) is 1.01. The quantitative estimate of drug-likeness (QED) is 0.682. The average molecular weight is 223 g/mol. The highest BCUT2D eigenvalue weighted by Crippen LogP contribution is 2.34. The highest BCUT2D eigenvalue weighted by atomic mass is 16.6. The van der Waals surface area contributed by atoms with Gasteiger partial charge in [-0.05, 0) is 25.7 Å². The van der Waals surface area contributed by atoms with Gasteiger partial charge in [0.15, 0.2) is 0 Å². The molecule has 0 aromatic rings. The Balaban J connectivity index is 1.64. The Labute approximate surface area is 99.3 Å². The summed E-state index contributed by atoms with van der Waals surface area (Å²) in [5.74, 6) is 0. The standard InChI is InChI=1S/C14H25NO/c1-3-7-12(8-4-1)15(14-11-16-14)13-9-5-2-6-10-13/h12-14H,1-11H2. The molecule has 3 rings (SSSR count). The van der Waals surface area contributed by atoms with Crippen molar-refractivity contribution in [3.8, 4) is 0 Å². The molecule has 92 valence electrons. The van der Waals surface area contributed by atoms with E-state index in [9.17, 15) is 0 Å². The highest BCUT2D eigenvalue weighted by molar-refractivity contribution is 4.88. The van der Waals surface area contributed by atoms with Crippen LogP contribution in [0.3, 0.4) is 0 Å². The lowest BCUT2D eigenvalue weighted by atomic mass is 9.88. The monoisotopic (exact) mass is 223 g/mol. The third-order valence-corrected chi connectivity index (χ3v) is 4.64. The highest BCUT2D eigenvalue weighted by Gasteiger charge is 2.40. The summed E-state index contributed by atoms with van der Waals surface area (Å²) < 4.78 is 5.60. The lowest BCUT2D eigenvalue weighted by Crippen LogP contribution is -2.47. The van der Waals surface area contributed by atoms with Crippen molar-refractivity contribution in [3.05, 3.63) is 0 Å². The van der Waals surface area contributed by atoms with Crippen molar-refractivity contribution in [2.24, 2.45) is 0 Å². The number of hydrogen-bond acceptors (Lipinski definition) is 2. The van der Waals surface area contributed by atoms with Crippen molar-refractivity contribution >= 4 is 0 Å². The zero-order chi connectivity index (χ0) is 10.8. The fourth-order valence-corrected chi connectivity index (χ4v) is 3.74. The smallest absolute Gasteiger partial charge is 0.134 e. The van der Waals surface area contributed by atoms with Crippen LogP contribution in [-0.4, -0.2) is 29.8 Å².